The van der Waals surface area contributed by atoms with Crippen LogP contribution in [-0.2, 0) is 0 Å². The van der Waals surface area contributed by atoms with E-state index in [0.29, 0.717) is 5.58 Å². The summed E-state index contributed by atoms with van der Waals surface area (Å²) in [5.74, 6) is -0.298. The molecular formula is C13H9FO. The lowest BCUT2D eigenvalue weighted by molar-refractivity contribution is 0.561. The van der Waals surface area contributed by atoms with Gasteiger partial charge in [0.1, 0.15) is 0 Å². The molecule has 2 aromatic carbocycles. The molecule has 2 heteroatoms. The highest BCUT2D eigenvalue weighted by molar-refractivity contribution is 6.07. The number of hydrogen-bond donors (Lipinski definition) is 0. The van der Waals surface area contributed by atoms with E-state index < -0.39 is 0 Å². The van der Waals surface area contributed by atoms with Crippen LogP contribution in [0.4, 0.5) is 4.39 Å². The smallest absolute Gasteiger partial charge is 0.170 e. The van der Waals surface area contributed by atoms with Gasteiger partial charge in [-0.15, -0.1) is 0 Å². The van der Waals surface area contributed by atoms with E-state index in [1.807, 2.05) is 31.2 Å². The first-order valence-corrected chi connectivity index (χ1v) is 4.82. The largest absolute Gasteiger partial charge is 0.461 e. The summed E-state index contributed by atoms with van der Waals surface area (Å²) in [5, 5.41) is 2.84. The maximum atomic E-state index is 13.6. The Morgan fingerprint density at radius 2 is 2.07 bits per heavy atom. The maximum absolute atomic E-state index is 13.6. The molecule has 0 radical (unpaired) electrons. The van der Waals surface area contributed by atoms with E-state index in [9.17, 15) is 4.39 Å². The number of hydrogen-bond acceptors (Lipinski definition) is 1. The maximum Gasteiger partial charge on any atom is 0.170 e. The molecule has 0 N–H and O–H groups in total. The molecule has 0 aliphatic heterocycles. The average molecular weight is 200 g/mol. The Kier molecular flexibility index (Phi) is 1.60. The summed E-state index contributed by atoms with van der Waals surface area (Å²) in [6, 6.07) is 9.20. The molecule has 0 fully saturated rings. The van der Waals surface area contributed by atoms with Gasteiger partial charge >= 0.3 is 0 Å². The summed E-state index contributed by atoms with van der Waals surface area (Å²) in [4.78, 5) is 0. The summed E-state index contributed by atoms with van der Waals surface area (Å²) in [7, 11) is 0. The predicted molar refractivity (Wildman–Crippen MR) is 58.4 cm³/mol. The van der Waals surface area contributed by atoms with Crippen LogP contribution in [0.1, 0.15) is 5.56 Å². The molecule has 1 heterocycles. The van der Waals surface area contributed by atoms with Crippen LogP contribution in [0.2, 0.25) is 0 Å². The Labute approximate surface area is 86.1 Å². The summed E-state index contributed by atoms with van der Waals surface area (Å²) in [6.45, 7) is 2.02. The minimum atomic E-state index is -0.298. The normalized spacial score (nSPS) is 11.3. The van der Waals surface area contributed by atoms with Crippen LogP contribution < -0.4 is 0 Å². The molecule has 0 aliphatic rings. The van der Waals surface area contributed by atoms with Gasteiger partial charge in [-0.05, 0) is 35.4 Å². The minimum Gasteiger partial charge on any atom is -0.461 e. The zero-order valence-corrected chi connectivity index (χ0v) is 8.25. The Balaban J connectivity index is 2.68. The molecule has 74 valence electrons. The van der Waals surface area contributed by atoms with Gasteiger partial charge in [0.15, 0.2) is 11.4 Å². The van der Waals surface area contributed by atoms with Crippen molar-refractivity contribution in [1.29, 1.82) is 0 Å². The summed E-state index contributed by atoms with van der Waals surface area (Å²) < 4.78 is 18.7. The molecule has 0 atom stereocenters. The van der Waals surface area contributed by atoms with Gasteiger partial charge in [0.05, 0.1) is 6.26 Å². The van der Waals surface area contributed by atoms with Crippen molar-refractivity contribution in [3.05, 3.63) is 48.0 Å². The first-order valence-electron chi connectivity index (χ1n) is 4.82. The number of rotatable bonds is 0. The summed E-state index contributed by atoms with van der Waals surface area (Å²) >= 11 is 0. The fraction of sp³-hybridized carbons (Fsp3) is 0.0769. The van der Waals surface area contributed by atoms with Crippen molar-refractivity contribution in [1.82, 2.24) is 0 Å². The first-order chi connectivity index (χ1) is 7.27. The molecule has 0 bridgehead atoms. The molecule has 3 aromatic rings. The highest BCUT2D eigenvalue weighted by Crippen LogP contribution is 2.30. The Morgan fingerprint density at radius 3 is 2.93 bits per heavy atom. The van der Waals surface area contributed by atoms with Gasteiger partial charge < -0.3 is 4.42 Å². The second-order valence-electron chi connectivity index (χ2n) is 3.69. The summed E-state index contributed by atoms with van der Waals surface area (Å²) in [5.41, 5.74) is 1.48. The molecule has 1 nitrogen and oxygen atoms in total. The first kappa shape index (κ1) is 8.48. The Bertz CT molecular complexity index is 652. The SMILES string of the molecule is Cc1cccc2cc(F)c3occc3c12. The van der Waals surface area contributed by atoms with Crippen molar-refractivity contribution in [3.8, 4) is 0 Å². The van der Waals surface area contributed by atoms with Gasteiger partial charge in [0.2, 0.25) is 0 Å². The van der Waals surface area contributed by atoms with Crippen molar-refractivity contribution >= 4 is 21.7 Å². The van der Waals surface area contributed by atoms with Gasteiger partial charge in [-0.3, -0.25) is 0 Å². The molecule has 0 saturated heterocycles. The van der Waals surface area contributed by atoms with Crippen molar-refractivity contribution in [3.63, 3.8) is 0 Å². The molecule has 3 rings (SSSR count). The molecule has 0 amide bonds. The Morgan fingerprint density at radius 1 is 1.20 bits per heavy atom. The van der Waals surface area contributed by atoms with E-state index >= 15 is 0 Å². The van der Waals surface area contributed by atoms with Crippen molar-refractivity contribution < 1.29 is 8.81 Å². The van der Waals surface area contributed by atoms with Crippen molar-refractivity contribution in [2.45, 2.75) is 6.92 Å². The quantitative estimate of drug-likeness (QED) is 0.534. The van der Waals surface area contributed by atoms with Crippen molar-refractivity contribution in [2.75, 3.05) is 0 Å². The third-order valence-corrected chi connectivity index (χ3v) is 2.74. The molecule has 0 spiro atoms. The van der Waals surface area contributed by atoms with Crippen molar-refractivity contribution in [2.24, 2.45) is 0 Å². The van der Waals surface area contributed by atoms with Crippen LogP contribution in [0.3, 0.4) is 0 Å². The van der Waals surface area contributed by atoms with Gasteiger partial charge in [0, 0.05) is 5.39 Å². The average Bonchev–Trinajstić information content (AvgIpc) is 2.66. The van der Waals surface area contributed by atoms with Gasteiger partial charge in [-0.1, -0.05) is 18.2 Å². The van der Waals surface area contributed by atoms with Crippen LogP contribution in [0.15, 0.2) is 41.0 Å². The van der Waals surface area contributed by atoms with E-state index in [0.717, 1.165) is 21.7 Å². The van der Waals surface area contributed by atoms with Gasteiger partial charge in [-0.2, -0.15) is 0 Å². The van der Waals surface area contributed by atoms with Crippen LogP contribution >= 0.6 is 0 Å². The molecule has 15 heavy (non-hydrogen) atoms. The number of benzene rings is 2. The minimum absolute atomic E-state index is 0.298. The Hall–Kier alpha value is -1.83. The zero-order chi connectivity index (χ0) is 10.4. The van der Waals surface area contributed by atoms with E-state index in [4.69, 9.17) is 4.42 Å². The monoisotopic (exact) mass is 200 g/mol. The third-order valence-electron chi connectivity index (χ3n) is 2.74. The standard InChI is InChI=1S/C13H9FO/c1-8-3-2-4-9-7-11(14)13-10(12(8)9)5-6-15-13/h2-7H,1H3. The van der Waals surface area contributed by atoms with Crippen LogP contribution in [-0.4, -0.2) is 0 Å². The van der Waals surface area contributed by atoms with Gasteiger partial charge in [-0.25, -0.2) is 4.39 Å². The second kappa shape index (κ2) is 2.83. The lowest BCUT2D eigenvalue weighted by atomic mass is 10.0. The molecule has 0 saturated carbocycles. The van der Waals surface area contributed by atoms with E-state index in [-0.39, 0.29) is 5.82 Å². The fourth-order valence-corrected chi connectivity index (χ4v) is 2.07. The number of aryl methyl sites for hydroxylation is 1. The lowest BCUT2D eigenvalue weighted by Gasteiger charge is -2.03. The van der Waals surface area contributed by atoms with Crippen LogP contribution in [0.5, 0.6) is 0 Å². The number of halogens is 1. The van der Waals surface area contributed by atoms with E-state index in [1.165, 1.54) is 12.3 Å². The zero-order valence-electron chi connectivity index (χ0n) is 8.25. The number of fused-ring (bicyclic) bond motifs is 3. The highest BCUT2D eigenvalue weighted by atomic mass is 19.1. The second-order valence-corrected chi connectivity index (χ2v) is 3.69. The highest BCUT2D eigenvalue weighted by Gasteiger charge is 2.10. The lowest BCUT2D eigenvalue weighted by Crippen LogP contribution is -1.82. The predicted octanol–water partition coefficient (Wildman–Crippen LogP) is 4.03. The van der Waals surface area contributed by atoms with Crippen LogP contribution in [0, 0.1) is 12.7 Å². The molecule has 1 aromatic heterocycles. The van der Waals surface area contributed by atoms with Crippen LogP contribution in [0.25, 0.3) is 21.7 Å². The fourth-order valence-electron chi connectivity index (χ4n) is 2.07. The molecular weight excluding hydrogens is 191 g/mol. The van der Waals surface area contributed by atoms with E-state index in [1.54, 1.807) is 0 Å². The number of furan rings is 1. The third kappa shape index (κ3) is 1.08. The summed E-state index contributed by atoms with van der Waals surface area (Å²) in [6.07, 6.45) is 1.53. The topological polar surface area (TPSA) is 13.1 Å². The molecule has 0 unspecified atom stereocenters. The van der Waals surface area contributed by atoms with Gasteiger partial charge in [0.25, 0.3) is 0 Å². The molecule has 0 aliphatic carbocycles. The van der Waals surface area contributed by atoms with E-state index in [2.05, 4.69) is 0 Å².